The van der Waals surface area contributed by atoms with Crippen LogP contribution < -0.4 is 5.32 Å². The number of pyridine rings is 1. The first-order valence-corrected chi connectivity index (χ1v) is 6.86. The maximum absolute atomic E-state index is 11.9. The van der Waals surface area contributed by atoms with Crippen molar-refractivity contribution >= 4 is 28.6 Å². The zero-order valence-electron chi connectivity index (χ0n) is 10.5. The highest BCUT2D eigenvalue weighted by Gasteiger charge is 2.06. The number of carbonyl (C=O) groups excluding carboxylic acids is 1. The third-order valence-corrected chi connectivity index (χ3v) is 3.65. The van der Waals surface area contributed by atoms with Crippen LogP contribution in [0.15, 0.2) is 42.0 Å². The molecule has 0 spiro atoms. The zero-order valence-corrected chi connectivity index (χ0v) is 11.3. The molecule has 19 heavy (non-hydrogen) atoms. The summed E-state index contributed by atoms with van der Waals surface area (Å²) in [7, 11) is 0. The molecule has 0 fully saturated rings. The van der Waals surface area contributed by atoms with E-state index in [-0.39, 0.29) is 5.91 Å². The summed E-state index contributed by atoms with van der Waals surface area (Å²) in [5, 5.41) is 4.88. The first-order chi connectivity index (χ1) is 9.20. The molecule has 0 aliphatic carbocycles. The van der Waals surface area contributed by atoms with Crippen molar-refractivity contribution in [2.45, 2.75) is 13.3 Å². The lowest BCUT2D eigenvalue weighted by Gasteiger charge is -2.04. The molecule has 0 radical (unpaired) electrons. The summed E-state index contributed by atoms with van der Waals surface area (Å²) in [5.74, 6) is -0.00126. The van der Waals surface area contributed by atoms with Gasteiger partial charge in [0.2, 0.25) is 5.91 Å². The summed E-state index contributed by atoms with van der Waals surface area (Å²) in [6, 6.07) is 7.68. The third kappa shape index (κ3) is 2.66. The number of carbonyl (C=O) groups is 1. The maximum Gasteiger partial charge on any atom is 0.229 e. The van der Waals surface area contributed by atoms with Crippen molar-refractivity contribution < 1.29 is 4.79 Å². The molecule has 0 saturated heterocycles. The topological polar surface area (TPSA) is 46.4 Å². The summed E-state index contributed by atoms with van der Waals surface area (Å²) in [5.41, 5.74) is 2.63. The molecule has 1 amide bonds. The fraction of sp³-hybridized carbons (Fsp3) is 0.143. The smallest absolute Gasteiger partial charge is 0.229 e. The minimum absolute atomic E-state index is 0.00126. The van der Waals surface area contributed by atoms with Crippen molar-refractivity contribution in [2.24, 2.45) is 0 Å². The number of rotatable bonds is 3. The third-order valence-electron chi connectivity index (χ3n) is 2.77. The number of nitrogens with zero attached hydrogens (tertiary/aromatic N) is 2. The Morgan fingerprint density at radius 1 is 1.37 bits per heavy atom. The van der Waals surface area contributed by atoms with Crippen LogP contribution in [-0.2, 0) is 11.2 Å². The second kappa shape index (κ2) is 4.85. The van der Waals surface area contributed by atoms with Gasteiger partial charge in [0, 0.05) is 17.3 Å². The van der Waals surface area contributed by atoms with Crippen molar-refractivity contribution in [1.82, 2.24) is 9.38 Å². The highest BCUT2D eigenvalue weighted by molar-refractivity contribution is 7.10. The predicted molar refractivity (Wildman–Crippen MR) is 76.6 cm³/mol. The van der Waals surface area contributed by atoms with E-state index in [0.29, 0.717) is 6.42 Å². The van der Waals surface area contributed by atoms with Gasteiger partial charge >= 0.3 is 0 Å². The Morgan fingerprint density at radius 2 is 2.26 bits per heavy atom. The molecule has 0 aliphatic heterocycles. The number of nitrogens with one attached hydrogen (secondary N) is 1. The minimum Gasteiger partial charge on any atom is -0.324 e. The molecule has 0 bridgehead atoms. The Balaban J connectivity index is 1.75. The highest BCUT2D eigenvalue weighted by Crippen LogP contribution is 2.13. The maximum atomic E-state index is 11.9. The lowest BCUT2D eigenvalue weighted by molar-refractivity contribution is -0.115. The van der Waals surface area contributed by atoms with Crippen LogP contribution in [0.25, 0.3) is 5.65 Å². The van der Waals surface area contributed by atoms with Crippen LogP contribution in [0.5, 0.6) is 0 Å². The first-order valence-electron chi connectivity index (χ1n) is 5.98. The van der Waals surface area contributed by atoms with Gasteiger partial charge in [0.25, 0.3) is 0 Å². The average molecular weight is 271 g/mol. The molecular formula is C14H13N3OS. The van der Waals surface area contributed by atoms with Gasteiger partial charge in [-0.15, -0.1) is 11.3 Å². The lowest BCUT2D eigenvalue weighted by atomic mass is 10.3. The molecule has 96 valence electrons. The van der Waals surface area contributed by atoms with Gasteiger partial charge in [-0.05, 0) is 30.5 Å². The van der Waals surface area contributed by atoms with Gasteiger partial charge in [-0.2, -0.15) is 0 Å². The Labute approximate surface area is 114 Å². The Kier molecular flexibility index (Phi) is 3.05. The fourth-order valence-electron chi connectivity index (χ4n) is 1.97. The van der Waals surface area contributed by atoms with Gasteiger partial charge < -0.3 is 9.72 Å². The summed E-state index contributed by atoms with van der Waals surface area (Å²) in [6.07, 6.45) is 4.23. The van der Waals surface area contributed by atoms with E-state index in [0.717, 1.165) is 21.9 Å². The largest absolute Gasteiger partial charge is 0.324 e. The van der Waals surface area contributed by atoms with Crippen LogP contribution in [-0.4, -0.2) is 15.3 Å². The van der Waals surface area contributed by atoms with Gasteiger partial charge in [-0.25, -0.2) is 4.98 Å². The number of anilines is 1. The second-order valence-corrected chi connectivity index (χ2v) is 5.40. The van der Waals surface area contributed by atoms with E-state index < -0.39 is 0 Å². The Hall–Kier alpha value is -2.14. The van der Waals surface area contributed by atoms with E-state index in [1.165, 1.54) is 0 Å². The molecule has 3 aromatic heterocycles. The van der Waals surface area contributed by atoms with Crippen molar-refractivity contribution in [3.05, 3.63) is 52.6 Å². The number of hydrogen-bond donors (Lipinski definition) is 1. The predicted octanol–water partition coefficient (Wildman–Crippen LogP) is 2.89. The molecule has 0 aliphatic rings. The number of imidazole rings is 1. The van der Waals surface area contributed by atoms with E-state index in [2.05, 4.69) is 10.3 Å². The number of amides is 1. The standard InChI is InChI=1S/C14H13N3OS/c1-10-8-17-9-11(4-5-13(17)15-10)16-14(18)7-12-3-2-6-19-12/h2-6,8-9H,7H2,1H3,(H,16,18). The van der Waals surface area contributed by atoms with Crippen molar-refractivity contribution in [3.8, 4) is 0 Å². The van der Waals surface area contributed by atoms with E-state index in [9.17, 15) is 4.79 Å². The van der Waals surface area contributed by atoms with Crippen LogP contribution in [0.4, 0.5) is 5.69 Å². The Bertz CT molecular complexity index is 715. The molecule has 4 nitrogen and oxygen atoms in total. The number of aromatic nitrogens is 2. The first kappa shape index (κ1) is 11.9. The minimum atomic E-state index is -0.00126. The zero-order chi connectivity index (χ0) is 13.2. The number of thiophene rings is 1. The van der Waals surface area contributed by atoms with Crippen LogP contribution in [0, 0.1) is 6.92 Å². The molecule has 0 saturated carbocycles. The highest BCUT2D eigenvalue weighted by atomic mass is 32.1. The summed E-state index contributed by atoms with van der Waals surface area (Å²) >= 11 is 1.59. The molecule has 0 unspecified atom stereocenters. The number of aryl methyl sites for hydroxylation is 1. The summed E-state index contributed by atoms with van der Waals surface area (Å²) < 4.78 is 1.91. The Morgan fingerprint density at radius 3 is 3.05 bits per heavy atom. The van der Waals surface area contributed by atoms with Crippen molar-refractivity contribution in [1.29, 1.82) is 0 Å². The molecule has 3 aromatic rings. The van der Waals surface area contributed by atoms with Gasteiger partial charge in [0.15, 0.2) is 0 Å². The lowest BCUT2D eigenvalue weighted by Crippen LogP contribution is -2.13. The molecule has 0 aromatic carbocycles. The fourth-order valence-corrected chi connectivity index (χ4v) is 2.67. The van der Waals surface area contributed by atoms with Gasteiger partial charge in [0.1, 0.15) is 5.65 Å². The van der Waals surface area contributed by atoms with E-state index in [4.69, 9.17) is 0 Å². The van der Waals surface area contributed by atoms with Gasteiger partial charge in [-0.3, -0.25) is 4.79 Å². The molecule has 3 rings (SSSR count). The quantitative estimate of drug-likeness (QED) is 0.796. The number of hydrogen-bond acceptors (Lipinski definition) is 3. The molecule has 3 heterocycles. The van der Waals surface area contributed by atoms with Crippen LogP contribution in [0.3, 0.4) is 0 Å². The summed E-state index contributed by atoms with van der Waals surface area (Å²) in [6.45, 7) is 1.95. The molecule has 5 heteroatoms. The van der Waals surface area contributed by atoms with Crippen molar-refractivity contribution in [3.63, 3.8) is 0 Å². The van der Waals surface area contributed by atoms with Gasteiger partial charge in [-0.1, -0.05) is 6.07 Å². The monoisotopic (exact) mass is 271 g/mol. The summed E-state index contributed by atoms with van der Waals surface area (Å²) in [4.78, 5) is 17.3. The van der Waals surface area contributed by atoms with E-state index in [1.54, 1.807) is 11.3 Å². The van der Waals surface area contributed by atoms with Crippen LogP contribution >= 0.6 is 11.3 Å². The molecule has 1 N–H and O–H groups in total. The molecule has 0 atom stereocenters. The van der Waals surface area contributed by atoms with Crippen LogP contribution in [0.2, 0.25) is 0 Å². The average Bonchev–Trinajstić information content (AvgIpc) is 2.96. The van der Waals surface area contributed by atoms with Gasteiger partial charge in [0.05, 0.1) is 17.8 Å². The van der Waals surface area contributed by atoms with E-state index in [1.807, 2.05) is 53.4 Å². The normalized spacial score (nSPS) is 10.8. The number of fused-ring (bicyclic) bond motifs is 1. The second-order valence-electron chi connectivity index (χ2n) is 4.37. The van der Waals surface area contributed by atoms with Crippen LogP contribution in [0.1, 0.15) is 10.6 Å². The van der Waals surface area contributed by atoms with Crippen molar-refractivity contribution in [2.75, 3.05) is 5.32 Å². The SMILES string of the molecule is Cc1cn2cc(NC(=O)Cc3cccs3)ccc2n1. The molecular weight excluding hydrogens is 258 g/mol. The van der Waals surface area contributed by atoms with E-state index >= 15 is 0 Å².